The van der Waals surface area contributed by atoms with E-state index >= 15 is 0 Å². The number of urea groups is 1. The zero-order valence-electron chi connectivity index (χ0n) is 30.6. The molecule has 0 saturated carbocycles. The van der Waals surface area contributed by atoms with Crippen molar-refractivity contribution in [1.82, 2.24) is 24.9 Å². The third-order valence-electron chi connectivity index (χ3n) is 13.0. The van der Waals surface area contributed by atoms with Crippen LogP contribution in [-0.2, 0) is 9.53 Å². The van der Waals surface area contributed by atoms with Gasteiger partial charge in [0.2, 0.25) is 5.91 Å². The van der Waals surface area contributed by atoms with E-state index in [0.29, 0.717) is 39.8 Å². The summed E-state index contributed by atoms with van der Waals surface area (Å²) in [5.74, 6) is 1.43. The van der Waals surface area contributed by atoms with Crippen LogP contribution in [0.2, 0.25) is 10.0 Å². The van der Waals surface area contributed by atoms with Crippen molar-refractivity contribution in [3.63, 3.8) is 0 Å². The molecule has 12 nitrogen and oxygen atoms in total. The molecule has 54 heavy (non-hydrogen) atoms. The average molecular weight is 776 g/mol. The van der Waals surface area contributed by atoms with Crippen LogP contribution in [0.1, 0.15) is 61.7 Å². The Kier molecular flexibility index (Phi) is 9.74. The number of hydrogen-bond acceptors (Lipinski definition) is 8. The van der Waals surface area contributed by atoms with Gasteiger partial charge in [-0.25, -0.2) is 9.48 Å². The lowest BCUT2D eigenvalue weighted by Crippen LogP contribution is -2.50. The minimum atomic E-state index is -0.512. The molecule has 6 fully saturated rings. The van der Waals surface area contributed by atoms with Crippen LogP contribution in [-0.4, -0.2) is 115 Å². The van der Waals surface area contributed by atoms with Crippen molar-refractivity contribution in [3.8, 4) is 5.69 Å². The maximum Gasteiger partial charge on any atom is 0.328 e. The fourth-order valence-electron chi connectivity index (χ4n) is 9.71. The van der Waals surface area contributed by atoms with Crippen LogP contribution in [0.5, 0.6) is 0 Å². The minimum absolute atomic E-state index is 0.0368. The summed E-state index contributed by atoms with van der Waals surface area (Å²) in [4.78, 5) is 48.6. The third kappa shape index (κ3) is 6.95. The fourth-order valence-corrected chi connectivity index (χ4v) is 10.2. The third-order valence-corrected chi connectivity index (χ3v) is 13.7. The molecule has 2 aromatic carbocycles. The second-order valence-electron chi connectivity index (χ2n) is 16.2. The number of hydrogen-bond donors (Lipinski definition) is 1. The van der Waals surface area contributed by atoms with Gasteiger partial charge in [-0.15, -0.1) is 0 Å². The molecule has 4 amide bonds. The maximum absolute atomic E-state index is 13.6. The molecule has 6 aliphatic heterocycles. The van der Waals surface area contributed by atoms with Gasteiger partial charge in [-0.05, 0) is 106 Å². The summed E-state index contributed by atoms with van der Waals surface area (Å²) in [6.07, 6.45) is 10.2. The Labute approximate surface area is 326 Å². The van der Waals surface area contributed by atoms with Crippen LogP contribution < -0.4 is 20.0 Å². The lowest BCUT2D eigenvalue weighted by molar-refractivity contribution is -0.120. The zero-order chi connectivity index (χ0) is 37.0. The number of halogens is 2. The molecule has 7 heterocycles. The van der Waals surface area contributed by atoms with Gasteiger partial charge in [0.05, 0.1) is 46.4 Å². The number of likely N-dealkylation sites (tertiary alicyclic amines) is 2. The largest absolute Gasteiger partial charge is 0.374 e. The highest BCUT2D eigenvalue weighted by Crippen LogP contribution is 2.42. The van der Waals surface area contributed by atoms with E-state index in [1.54, 1.807) is 18.2 Å². The zero-order valence-corrected chi connectivity index (χ0v) is 32.1. The van der Waals surface area contributed by atoms with Crippen LogP contribution >= 0.6 is 23.2 Å². The first-order valence-electron chi connectivity index (χ1n) is 19.6. The normalized spacial score (nSPS) is 24.9. The Morgan fingerprint density at radius 3 is 2.37 bits per heavy atom. The monoisotopic (exact) mass is 774 g/mol. The van der Waals surface area contributed by atoms with E-state index < -0.39 is 6.03 Å². The van der Waals surface area contributed by atoms with Crippen molar-refractivity contribution in [3.05, 3.63) is 64.3 Å². The summed E-state index contributed by atoms with van der Waals surface area (Å²) < 4.78 is 7.80. The van der Waals surface area contributed by atoms with E-state index in [1.807, 2.05) is 15.8 Å². The van der Waals surface area contributed by atoms with Crippen molar-refractivity contribution >= 4 is 58.2 Å². The quantitative estimate of drug-likeness (QED) is 0.320. The molecule has 6 saturated heterocycles. The number of anilines is 3. The van der Waals surface area contributed by atoms with Crippen molar-refractivity contribution in [2.45, 2.75) is 63.5 Å². The first-order chi connectivity index (χ1) is 26.2. The molecule has 1 aromatic heterocycles. The Morgan fingerprint density at radius 2 is 1.67 bits per heavy atom. The lowest BCUT2D eigenvalue weighted by atomic mass is 9.71. The van der Waals surface area contributed by atoms with Gasteiger partial charge < -0.3 is 24.3 Å². The molecule has 6 aliphatic rings. The highest BCUT2D eigenvalue weighted by atomic mass is 35.5. The van der Waals surface area contributed by atoms with Crippen LogP contribution in [0.3, 0.4) is 0 Å². The molecular formula is C40H48Cl2N8O4. The number of nitrogens with one attached hydrogen (secondary N) is 1. The summed E-state index contributed by atoms with van der Waals surface area (Å²) in [5.41, 5.74) is 3.36. The topological polar surface area (TPSA) is 106 Å². The van der Waals surface area contributed by atoms with Gasteiger partial charge in [-0.1, -0.05) is 23.2 Å². The van der Waals surface area contributed by atoms with Crippen LogP contribution in [0.4, 0.5) is 22.0 Å². The van der Waals surface area contributed by atoms with Gasteiger partial charge in [0.25, 0.3) is 5.91 Å². The Morgan fingerprint density at radius 1 is 0.889 bits per heavy atom. The number of carbonyl (C=O) groups excluding carboxylic acids is 3. The highest BCUT2D eigenvalue weighted by molar-refractivity contribution is 6.34. The second kappa shape index (κ2) is 14.7. The van der Waals surface area contributed by atoms with Gasteiger partial charge in [-0.3, -0.25) is 19.8 Å². The number of piperidine rings is 3. The Balaban J connectivity index is 0.737. The number of imide groups is 1. The Bertz CT molecular complexity index is 1910. The maximum atomic E-state index is 13.6. The van der Waals surface area contributed by atoms with Gasteiger partial charge in [0, 0.05) is 69.6 Å². The standard InChI is InChI=1S/C40H48Cl2N8O4/c41-32-3-1-28(21-35(32)48-16-8-36(51)44-39(48)53)38(52)47-19-11-40(12-20-47)9-17-45(18-10-40)24-27-6-14-46(15-7-27)29-2-4-34(33(42)23-29)50-37(5-13-43-50)49-25-31-22-30(49)26-54-31/h1-5,13,21,23,27,30-31H,6-12,14-20,22,24-26H2,(H,44,51,53)/t30-,31-/m1/s1. The predicted octanol–water partition coefficient (Wildman–Crippen LogP) is 5.84. The number of ether oxygens (including phenoxy) is 1. The second-order valence-corrected chi connectivity index (χ2v) is 17.0. The molecular weight excluding hydrogens is 727 g/mol. The van der Waals surface area contributed by atoms with Crippen molar-refractivity contribution < 1.29 is 19.1 Å². The molecule has 1 N–H and O–H groups in total. The number of benzene rings is 2. The van der Waals surface area contributed by atoms with Crippen molar-refractivity contribution in [2.75, 3.05) is 80.2 Å². The van der Waals surface area contributed by atoms with Crippen LogP contribution in [0.15, 0.2) is 48.7 Å². The Hall–Kier alpha value is -3.84. The number of aromatic nitrogens is 2. The van der Waals surface area contributed by atoms with Crippen LogP contribution in [0, 0.1) is 11.3 Å². The molecule has 3 aromatic rings. The van der Waals surface area contributed by atoms with E-state index in [0.717, 1.165) is 94.8 Å². The van der Waals surface area contributed by atoms with Gasteiger partial charge >= 0.3 is 6.03 Å². The van der Waals surface area contributed by atoms with Gasteiger partial charge in [0.15, 0.2) is 0 Å². The summed E-state index contributed by atoms with van der Waals surface area (Å²) in [6.45, 7) is 8.85. The summed E-state index contributed by atoms with van der Waals surface area (Å²) in [5, 5.41) is 8.08. The number of morpholine rings is 1. The summed E-state index contributed by atoms with van der Waals surface area (Å²) in [6, 6.07) is 13.5. The van der Waals surface area contributed by atoms with Crippen LogP contribution in [0.25, 0.3) is 5.69 Å². The molecule has 2 bridgehead atoms. The van der Waals surface area contributed by atoms with E-state index in [9.17, 15) is 14.4 Å². The molecule has 2 atom stereocenters. The summed E-state index contributed by atoms with van der Waals surface area (Å²) >= 11 is 13.4. The van der Waals surface area contributed by atoms with E-state index in [1.165, 1.54) is 36.3 Å². The molecule has 9 rings (SSSR count). The highest BCUT2D eigenvalue weighted by Gasteiger charge is 2.41. The fraction of sp³-hybridized carbons (Fsp3) is 0.550. The van der Waals surface area contributed by atoms with E-state index in [2.05, 4.69) is 49.4 Å². The number of rotatable bonds is 7. The first-order valence-corrected chi connectivity index (χ1v) is 20.4. The molecule has 286 valence electrons. The first kappa shape index (κ1) is 35.8. The van der Waals surface area contributed by atoms with Crippen molar-refractivity contribution in [1.29, 1.82) is 0 Å². The summed E-state index contributed by atoms with van der Waals surface area (Å²) in [7, 11) is 0. The number of amides is 4. The number of fused-ring (bicyclic) bond motifs is 2. The smallest absolute Gasteiger partial charge is 0.328 e. The molecule has 0 unspecified atom stereocenters. The molecule has 0 aliphatic carbocycles. The minimum Gasteiger partial charge on any atom is -0.374 e. The molecule has 1 spiro atoms. The van der Waals surface area contributed by atoms with Crippen molar-refractivity contribution in [2.24, 2.45) is 11.3 Å². The number of nitrogens with zero attached hydrogens (tertiary/aromatic N) is 7. The predicted molar refractivity (Wildman–Crippen MR) is 209 cm³/mol. The van der Waals surface area contributed by atoms with E-state index in [4.69, 9.17) is 27.9 Å². The number of carbonyl (C=O) groups is 3. The lowest BCUT2D eigenvalue weighted by Gasteiger charge is -2.47. The molecule has 0 radical (unpaired) electrons. The van der Waals surface area contributed by atoms with Gasteiger partial charge in [0.1, 0.15) is 5.82 Å². The van der Waals surface area contributed by atoms with Gasteiger partial charge in [-0.2, -0.15) is 5.10 Å². The average Bonchev–Trinajstić information content (AvgIpc) is 3.95. The SMILES string of the molecule is O=C1CCN(c2cc(C(=O)N3CCC4(CCN(CC5CCN(c6ccc(-n7nccc7N7C[C@H]8C[C@@H]7CO8)c(Cl)c6)CC5)CC4)CC3)ccc2Cl)C(=O)N1. The van der Waals surface area contributed by atoms with E-state index in [-0.39, 0.29) is 24.8 Å². The molecule has 14 heteroatoms.